The average molecular weight is 268 g/mol. The molecular formula is C16H16N2O2. The molecule has 1 atom stereocenters. The molecule has 1 unspecified atom stereocenters. The summed E-state index contributed by atoms with van der Waals surface area (Å²) in [7, 11) is 0. The number of nitrogens with zero attached hydrogens (tertiary/aromatic N) is 2. The van der Waals surface area contributed by atoms with E-state index in [1.54, 1.807) is 24.3 Å². The lowest BCUT2D eigenvalue weighted by Crippen LogP contribution is -1.95. The highest BCUT2D eigenvalue weighted by atomic mass is 16.1. The zero-order valence-corrected chi connectivity index (χ0v) is 11.5. The van der Waals surface area contributed by atoms with Crippen molar-refractivity contribution in [3.63, 3.8) is 0 Å². The van der Waals surface area contributed by atoms with Gasteiger partial charge in [0.2, 0.25) is 12.2 Å². The molecular weight excluding hydrogens is 252 g/mol. The number of carbonyl (C=O) groups excluding carboxylic acids is 2. The molecule has 1 aromatic carbocycles. The van der Waals surface area contributed by atoms with Crippen LogP contribution in [0.1, 0.15) is 19.4 Å². The molecule has 0 spiro atoms. The maximum absolute atomic E-state index is 10.2. The Balaban J connectivity index is 2.66. The summed E-state index contributed by atoms with van der Waals surface area (Å²) in [5.74, 6) is 0.298. The molecule has 0 fully saturated rings. The van der Waals surface area contributed by atoms with E-state index in [0.29, 0.717) is 17.3 Å². The molecule has 4 nitrogen and oxygen atoms in total. The zero-order chi connectivity index (χ0) is 14.8. The van der Waals surface area contributed by atoms with Crippen molar-refractivity contribution in [1.29, 1.82) is 0 Å². The van der Waals surface area contributed by atoms with Crippen molar-refractivity contribution in [3.8, 4) is 0 Å². The first-order valence-corrected chi connectivity index (χ1v) is 6.28. The van der Waals surface area contributed by atoms with E-state index in [1.165, 1.54) is 12.2 Å². The number of aliphatic imine (C=N–C) groups is 2. The molecule has 0 heterocycles. The van der Waals surface area contributed by atoms with E-state index in [2.05, 4.69) is 16.9 Å². The molecule has 0 amide bonds. The third-order valence-corrected chi connectivity index (χ3v) is 2.73. The van der Waals surface area contributed by atoms with Gasteiger partial charge in [-0.05, 0) is 43.0 Å². The van der Waals surface area contributed by atoms with Crippen molar-refractivity contribution in [2.75, 3.05) is 0 Å². The Morgan fingerprint density at radius 2 is 1.95 bits per heavy atom. The molecule has 1 rings (SSSR count). The summed E-state index contributed by atoms with van der Waals surface area (Å²) in [5.41, 5.74) is 2.35. The van der Waals surface area contributed by atoms with Crippen LogP contribution >= 0.6 is 0 Å². The molecule has 20 heavy (non-hydrogen) atoms. The standard InChI is InChI=1S/C16H16N2O2/c1-3-15(17-11-19)7-4-13(2)10-14-5-8-16(9-6-14)18-12-20/h3-9,13H,10H2,1-2H3/b7-4-,15-3+. The Morgan fingerprint density at radius 3 is 2.50 bits per heavy atom. The summed E-state index contributed by atoms with van der Waals surface area (Å²) in [6.45, 7) is 3.89. The van der Waals surface area contributed by atoms with E-state index < -0.39 is 0 Å². The van der Waals surface area contributed by atoms with Crippen LogP contribution in [0.2, 0.25) is 0 Å². The second-order valence-corrected chi connectivity index (χ2v) is 4.33. The van der Waals surface area contributed by atoms with Crippen LogP contribution in [-0.2, 0) is 16.0 Å². The van der Waals surface area contributed by atoms with E-state index in [0.717, 1.165) is 12.0 Å². The van der Waals surface area contributed by atoms with Crippen LogP contribution in [-0.4, -0.2) is 12.2 Å². The minimum Gasteiger partial charge on any atom is -0.211 e. The minimum atomic E-state index is 0.298. The maximum Gasteiger partial charge on any atom is 0.240 e. The first-order valence-electron chi connectivity index (χ1n) is 6.28. The van der Waals surface area contributed by atoms with Crippen LogP contribution in [0.25, 0.3) is 0 Å². The first kappa shape index (κ1) is 15.5. The highest BCUT2D eigenvalue weighted by Crippen LogP contribution is 2.16. The second kappa shape index (κ2) is 8.54. The van der Waals surface area contributed by atoms with Gasteiger partial charge >= 0.3 is 0 Å². The SMILES string of the molecule is C/C=C(\C=C/C(C)Cc1ccc(N=C=O)cc1)N=C=O. The van der Waals surface area contributed by atoms with E-state index in [4.69, 9.17) is 0 Å². The molecule has 0 radical (unpaired) electrons. The lowest BCUT2D eigenvalue weighted by molar-refractivity contribution is 0.564. The van der Waals surface area contributed by atoms with E-state index in [9.17, 15) is 9.59 Å². The number of hydrogen-bond donors (Lipinski definition) is 0. The Bertz CT molecular complexity index is 587. The van der Waals surface area contributed by atoms with Crippen LogP contribution in [0.5, 0.6) is 0 Å². The molecule has 0 saturated carbocycles. The van der Waals surface area contributed by atoms with Crippen LogP contribution < -0.4 is 0 Å². The Labute approximate surface area is 118 Å². The summed E-state index contributed by atoms with van der Waals surface area (Å²) < 4.78 is 0. The molecule has 102 valence electrons. The number of benzene rings is 1. The monoisotopic (exact) mass is 268 g/mol. The summed E-state index contributed by atoms with van der Waals surface area (Å²) in [4.78, 5) is 27.4. The molecule has 0 aliphatic carbocycles. The van der Waals surface area contributed by atoms with E-state index in [1.807, 2.05) is 25.1 Å². The molecule has 0 bridgehead atoms. The van der Waals surface area contributed by atoms with E-state index >= 15 is 0 Å². The quantitative estimate of drug-likeness (QED) is 0.449. The Morgan fingerprint density at radius 1 is 1.25 bits per heavy atom. The van der Waals surface area contributed by atoms with Gasteiger partial charge in [-0.15, -0.1) is 0 Å². The highest BCUT2D eigenvalue weighted by Gasteiger charge is 2.00. The van der Waals surface area contributed by atoms with Gasteiger partial charge in [0.1, 0.15) is 0 Å². The third kappa shape index (κ3) is 5.40. The molecule has 0 aliphatic rings. The van der Waals surface area contributed by atoms with Gasteiger partial charge in [0, 0.05) is 0 Å². The second-order valence-electron chi connectivity index (χ2n) is 4.33. The van der Waals surface area contributed by atoms with Crippen molar-refractivity contribution in [2.45, 2.75) is 20.3 Å². The van der Waals surface area contributed by atoms with Crippen LogP contribution in [0.4, 0.5) is 5.69 Å². The van der Waals surface area contributed by atoms with Gasteiger partial charge in [-0.1, -0.05) is 31.2 Å². The maximum atomic E-state index is 10.2. The fraction of sp³-hybridized carbons (Fsp3) is 0.250. The van der Waals surface area contributed by atoms with Gasteiger partial charge in [-0.3, -0.25) is 0 Å². The fourth-order valence-corrected chi connectivity index (χ4v) is 1.71. The van der Waals surface area contributed by atoms with Crippen molar-refractivity contribution in [1.82, 2.24) is 0 Å². The lowest BCUT2D eigenvalue weighted by atomic mass is 10.0. The Kier molecular flexibility index (Phi) is 6.63. The number of allylic oxidation sites excluding steroid dienone is 3. The average Bonchev–Trinajstić information content (AvgIpc) is 2.46. The van der Waals surface area contributed by atoms with Crippen LogP contribution in [0, 0.1) is 5.92 Å². The molecule has 1 aromatic rings. The summed E-state index contributed by atoms with van der Waals surface area (Å²) in [6, 6.07) is 7.43. The van der Waals surface area contributed by atoms with E-state index in [-0.39, 0.29) is 0 Å². The summed E-state index contributed by atoms with van der Waals surface area (Å²) in [5, 5.41) is 0. The van der Waals surface area contributed by atoms with Gasteiger partial charge < -0.3 is 0 Å². The molecule has 4 heteroatoms. The summed E-state index contributed by atoms with van der Waals surface area (Å²) >= 11 is 0. The summed E-state index contributed by atoms with van der Waals surface area (Å²) in [6.07, 6.45) is 9.44. The smallest absolute Gasteiger partial charge is 0.211 e. The topological polar surface area (TPSA) is 58.9 Å². The molecule has 0 saturated heterocycles. The van der Waals surface area contributed by atoms with Crippen LogP contribution in [0.3, 0.4) is 0 Å². The van der Waals surface area contributed by atoms with Gasteiger partial charge in [-0.2, -0.15) is 9.98 Å². The zero-order valence-electron chi connectivity index (χ0n) is 11.5. The third-order valence-electron chi connectivity index (χ3n) is 2.73. The van der Waals surface area contributed by atoms with Gasteiger partial charge in [-0.25, -0.2) is 9.59 Å². The predicted molar refractivity (Wildman–Crippen MR) is 78.1 cm³/mol. The largest absolute Gasteiger partial charge is 0.240 e. The lowest BCUT2D eigenvalue weighted by Gasteiger charge is -2.06. The highest BCUT2D eigenvalue weighted by molar-refractivity contribution is 5.49. The van der Waals surface area contributed by atoms with Gasteiger partial charge in [0.15, 0.2) is 0 Å². The van der Waals surface area contributed by atoms with Crippen molar-refractivity contribution < 1.29 is 9.59 Å². The number of rotatable bonds is 6. The molecule has 0 N–H and O–H groups in total. The van der Waals surface area contributed by atoms with Crippen LogP contribution in [0.15, 0.2) is 58.2 Å². The number of isocyanates is 2. The van der Waals surface area contributed by atoms with Crippen molar-refractivity contribution in [3.05, 3.63) is 53.8 Å². The minimum absolute atomic E-state index is 0.298. The normalized spacial score (nSPS) is 12.6. The predicted octanol–water partition coefficient (Wildman–Crippen LogP) is 3.63. The first-order chi connectivity index (χ1) is 9.69. The number of hydrogen-bond acceptors (Lipinski definition) is 4. The molecule has 0 aliphatic heterocycles. The fourth-order valence-electron chi connectivity index (χ4n) is 1.71. The van der Waals surface area contributed by atoms with Crippen molar-refractivity contribution in [2.24, 2.45) is 15.9 Å². The van der Waals surface area contributed by atoms with Crippen molar-refractivity contribution >= 4 is 17.8 Å². The van der Waals surface area contributed by atoms with Gasteiger partial charge in [0.05, 0.1) is 11.4 Å². The Hall–Kier alpha value is -2.54. The molecule has 0 aromatic heterocycles. The van der Waals surface area contributed by atoms with Gasteiger partial charge in [0.25, 0.3) is 0 Å².